The molecule has 0 aliphatic heterocycles. The van der Waals surface area contributed by atoms with E-state index in [0.29, 0.717) is 6.29 Å². The summed E-state index contributed by atoms with van der Waals surface area (Å²) in [4.78, 5) is 24.3. The van der Waals surface area contributed by atoms with Crippen LogP contribution in [-0.2, 0) is 4.74 Å². The fourth-order valence-corrected chi connectivity index (χ4v) is 1.38. The minimum Gasteiger partial charge on any atom is -0.462 e. The predicted octanol–water partition coefficient (Wildman–Crippen LogP) is 2.31. The van der Waals surface area contributed by atoms with E-state index in [1.807, 2.05) is 0 Å². The molecule has 0 saturated carbocycles. The van der Waals surface area contributed by atoms with E-state index in [2.05, 4.69) is 4.98 Å². The fourth-order valence-electron chi connectivity index (χ4n) is 0.955. The number of carbonyl (C=O) groups is 2. The Labute approximate surface area is 90.1 Å². The minimum absolute atomic E-state index is 0.00668. The summed E-state index contributed by atoms with van der Waals surface area (Å²) in [6.07, 6.45) is 0.462. The maximum atomic E-state index is 11.3. The maximum absolute atomic E-state index is 11.3. The molecule has 76 valence electrons. The van der Waals surface area contributed by atoms with Gasteiger partial charge in [0.25, 0.3) is 0 Å². The SMILES string of the molecule is CCOC(=O)c1c(C=O)[nH]c(Cl)c1Cl. The molecule has 0 bridgehead atoms. The first-order valence-electron chi connectivity index (χ1n) is 3.81. The van der Waals surface area contributed by atoms with Crippen molar-refractivity contribution in [3.8, 4) is 0 Å². The van der Waals surface area contributed by atoms with Crippen LogP contribution in [0.25, 0.3) is 0 Å². The average Bonchev–Trinajstić information content (AvgIpc) is 2.43. The number of esters is 1. The van der Waals surface area contributed by atoms with Gasteiger partial charge in [0.15, 0.2) is 6.29 Å². The molecule has 0 amide bonds. The normalized spacial score (nSPS) is 9.93. The molecule has 1 rings (SSSR count). The second-order valence-electron chi connectivity index (χ2n) is 2.38. The van der Waals surface area contributed by atoms with Crippen LogP contribution in [0.4, 0.5) is 0 Å². The Morgan fingerprint density at radius 1 is 1.57 bits per heavy atom. The molecule has 1 N–H and O–H groups in total. The molecule has 1 aromatic rings. The second-order valence-corrected chi connectivity index (χ2v) is 3.14. The molecule has 6 heteroatoms. The molecule has 0 radical (unpaired) electrons. The minimum atomic E-state index is -0.664. The number of ether oxygens (including phenoxy) is 1. The lowest BCUT2D eigenvalue weighted by Crippen LogP contribution is -2.06. The number of aromatic amines is 1. The summed E-state index contributed by atoms with van der Waals surface area (Å²) < 4.78 is 4.70. The zero-order chi connectivity index (χ0) is 10.7. The zero-order valence-electron chi connectivity index (χ0n) is 7.27. The van der Waals surface area contributed by atoms with Gasteiger partial charge in [-0.2, -0.15) is 0 Å². The van der Waals surface area contributed by atoms with Gasteiger partial charge in [0.05, 0.1) is 17.3 Å². The van der Waals surface area contributed by atoms with Crippen molar-refractivity contribution in [2.24, 2.45) is 0 Å². The first-order chi connectivity index (χ1) is 6.61. The van der Waals surface area contributed by atoms with Crippen LogP contribution < -0.4 is 0 Å². The lowest BCUT2D eigenvalue weighted by atomic mass is 10.2. The van der Waals surface area contributed by atoms with E-state index in [0.717, 1.165) is 0 Å². The molecule has 1 aromatic heterocycles. The van der Waals surface area contributed by atoms with Crippen molar-refractivity contribution in [1.82, 2.24) is 4.98 Å². The lowest BCUT2D eigenvalue weighted by molar-refractivity contribution is 0.0524. The van der Waals surface area contributed by atoms with Crippen LogP contribution in [0.15, 0.2) is 0 Å². The summed E-state index contributed by atoms with van der Waals surface area (Å²) in [5.74, 6) is -0.664. The Morgan fingerprint density at radius 2 is 2.21 bits per heavy atom. The summed E-state index contributed by atoms with van der Waals surface area (Å²) in [5.41, 5.74) is 0.00645. The highest BCUT2D eigenvalue weighted by Gasteiger charge is 2.21. The number of aromatic nitrogens is 1. The van der Waals surface area contributed by atoms with Gasteiger partial charge in [-0.15, -0.1) is 0 Å². The molecule has 0 atom stereocenters. The molecule has 0 unspecified atom stereocenters. The van der Waals surface area contributed by atoms with E-state index in [1.165, 1.54) is 0 Å². The van der Waals surface area contributed by atoms with Crippen molar-refractivity contribution in [3.05, 3.63) is 21.4 Å². The van der Waals surface area contributed by atoms with E-state index in [-0.39, 0.29) is 28.0 Å². The summed E-state index contributed by atoms with van der Waals surface area (Å²) in [6.45, 7) is 1.86. The molecule has 14 heavy (non-hydrogen) atoms. The highest BCUT2D eigenvalue weighted by atomic mass is 35.5. The van der Waals surface area contributed by atoms with Gasteiger partial charge in [-0.1, -0.05) is 23.2 Å². The monoisotopic (exact) mass is 235 g/mol. The Balaban J connectivity index is 3.17. The van der Waals surface area contributed by atoms with Crippen molar-refractivity contribution in [2.45, 2.75) is 6.92 Å². The number of halogens is 2. The first kappa shape index (κ1) is 11.1. The molecule has 1 heterocycles. The summed E-state index contributed by atoms with van der Waals surface area (Å²) in [7, 11) is 0. The summed E-state index contributed by atoms with van der Waals surface area (Å²) in [6, 6.07) is 0. The predicted molar refractivity (Wildman–Crippen MR) is 52.2 cm³/mol. The number of hydrogen-bond donors (Lipinski definition) is 1. The third-order valence-electron chi connectivity index (χ3n) is 1.52. The number of nitrogens with one attached hydrogen (secondary N) is 1. The van der Waals surface area contributed by atoms with E-state index in [4.69, 9.17) is 27.9 Å². The molecule has 0 aromatic carbocycles. The smallest absolute Gasteiger partial charge is 0.342 e. The van der Waals surface area contributed by atoms with Gasteiger partial charge in [-0.25, -0.2) is 4.79 Å². The number of H-pyrrole nitrogens is 1. The van der Waals surface area contributed by atoms with Crippen LogP contribution in [-0.4, -0.2) is 23.8 Å². The Hall–Kier alpha value is -1.00. The Kier molecular flexibility index (Phi) is 3.55. The fraction of sp³-hybridized carbons (Fsp3) is 0.250. The zero-order valence-corrected chi connectivity index (χ0v) is 8.78. The number of hydrogen-bond acceptors (Lipinski definition) is 3. The molecule has 4 nitrogen and oxygen atoms in total. The van der Waals surface area contributed by atoms with E-state index < -0.39 is 5.97 Å². The number of carbonyl (C=O) groups excluding carboxylic acids is 2. The topological polar surface area (TPSA) is 59.2 Å². The van der Waals surface area contributed by atoms with Crippen LogP contribution in [0.5, 0.6) is 0 Å². The van der Waals surface area contributed by atoms with Gasteiger partial charge in [-0.3, -0.25) is 4.79 Å². The largest absolute Gasteiger partial charge is 0.462 e. The van der Waals surface area contributed by atoms with Crippen LogP contribution in [0, 0.1) is 0 Å². The molecule has 0 saturated heterocycles. The van der Waals surface area contributed by atoms with Crippen molar-refractivity contribution >= 4 is 35.5 Å². The van der Waals surface area contributed by atoms with Crippen molar-refractivity contribution in [2.75, 3.05) is 6.61 Å². The van der Waals surface area contributed by atoms with Crippen LogP contribution in [0.2, 0.25) is 10.2 Å². The molecule has 0 aliphatic carbocycles. The second kappa shape index (κ2) is 4.48. The van der Waals surface area contributed by atoms with Crippen molar-refractivity contribution in [3.63, 3.8) is 0 Å². The van der Waals surface area contributed by atoms with Crippen molar-refractivity contribution < 1.29 is 14.3 Å². The van der Waals surface area contributed by atoms with Gasteiger partial charge in [0.1, 0.15) is 10.7 Å². The highest BCUT2D eigenvalue weighted by molar-refractivity contribution is 6.43. The number of rotatable bonds is 3. The molecule has 0 fully saturated rings. The maximum Gasteiger partial charge on any atom is 0.342 e. The lowest BCUT2D eigenvalue weighted by Gasteiger charge is -1.99. The molecule has 0 aliphatic rings. The van der Waals surface area contributed by atoms with Crippen LogP contribution in [0.1, 0.15) is 27.8 Å². The molecular formula is C8H7Cl2NO3. The quantitative estimate of drug-likeness (QED) is 0.647. The van der Waals surface area contributed by atoms with Gasteiger partial charge in [0, 0.05) is 0 Å². The third kappa shape index (κ3) is 1.91. The summed E-state index contributed by atoms with van der Waals surface area (Å²) >= 11 is 11.3. The van der Waals surface area contributed by atoms with Crippen LogP contribution in [0.3, 0.4) is 0 Å². The summed E-state index contributed by atoms with van der Waals surface area (Å²) in [5, 5.41) is 0.0593. The van der Waals surface area contributed by atoms with Crippen LogP contribution >= 0.6 is 23.2 Å². The van der Waals surface area contributed by atoms with Gasteiger partial charge < -0.3 is 9.72 Å². The van der Waals surface area contributed by atoms with E-state index >= 15 is 0 Å². The Morgan fingerprint density at radius 3 is 2.71 bits per heavy atom. The van der Waals surface area contributed by atoms with Crippen molar-refractivity contribution in [1.29, 1.82) is 0 Å². The molecule has 0 spiro atoms. The van der Waals surface area contributed by atoms with E-state index in [1.54, 1.807) is 6.92 Å². The standard InChI is InChI=1S/C8H7Cl2NO3/c1-2-14-8(13)5-4(3-12)11-7(10)6(5)9/h3,11H,2H2,1H3. The Bertz CT molecular complexity index is 373. The molecular weight excluding hydrogens is 229 g/mol. The third-order valence-corrected chi connectivity index (χ3v) is 2.28. The first-order valence-corrected chi connectivity index (χ1v) is 4.56. The van der Waals surface area contributed by atoms with Gasteiger partial charge in [0.2, 0.25) is 0 Å². The van der Waals surface area contributed by atoms with Gasteiger partial charge in [-0.05, 0) is 6.92 Å². The van der Waals surface area contributed by atoms with E-state index in [9.17, 15) is 9.59 Å². The highest BCUT2D eigenvalue weighted by Crippen LogP contribution is 2.28. The average molecular weight is 236 g/mol. The number of aldehydes is 1. The van der Waals surface area contributed by atoms with Gasteiger partial charge >= 0.3 is 5.97 Å².